The van der Waals surface area contributed by atoms with Gasteiger partial charge in [0.25, 0.3) is 0 Å². The molecular weight excluding hydrogens is 254 g/mol. The lowest BCUT2D eigenvalue weighted by atomic mass is 10.2. The average Bonchev–Trinajstić information content (AvgIpc) is 3.14. The van der Waals surface area contributed by atoms with Crippen LogP contribution in [0.2, 0.25) is 0 Å². The molecule has 20 heavy (non-hydrogen) atoms. The van der Waals surface area contributed by atoms with Crippen molar-refractivity contribution in [3.05, 3.63) is 48.5 Å². The minimum atomic E-state index is -0.757. The minimum absolute atomic E-state index is 0.119. The predicted molar refractivity (Wildman–Crippen MR) is 74.6 cm³/mol. The molecule has 1 saturated carbocycles. The smallest absolute Gasteiger partial charge is 0.317 e. The van der Waals surface area contributed by atoms with Gasteiger partial charge in [-0.05, 0) is 30.5 Å². The molecule has 0 saturated heterocycles. The number of imidazole rings is 1. The second kappa shape index (κ2) is 5.46. The lowest BCUT2D eigenvalue weighted by Gasteiger charge is -2.19. The van der Waals surface area contributed by atoms with Crippen molar-refractivity contribution < 1.29 is 9.90 Å². The van der Waals surface area contributed by atoms with Gasteiger partial charge in [-0.25, -0.2) is 4.98 Å². The van der Waals surface area contributed by atoms with Crippen LogP contribution < -0.4 is 0 Å². The quantitative estimate of drug-likeness (QED) is 0.872. The number of aromatic nitrogens is 2. The van der Waals surface area contributed by atoms with Gasteiger partial charge in [0.2, 0.25) is 0 Å². The SMILES string of the molecule is O=C(O)CN(Cc1ccc(-n2ccnc2)cc1)C1CC1. The lowest BCUT2D eigenvalue weighted by Crippen LogP contribution is -2.31. The Kier molecular flexibility index (Phi) is 3.52. The summed E-state index contributed by atoms with van der Waals surface area (Å²) in [4.78, 5) is 16.9. The number of aliphatic carboxylic acids is 1. The number of nitrogens with zero attached hydrogens (tertiary/aromatic N) is 3. The van der Waals surface area contributed by atoms with Crippen LogP contribution in [-0.4, -0.2) is 38.1 Å². The summed E-state index contributed by atoms with van der Waals surface area (Å²) in [5.74, 6) is -0.757. The molecule has 3 rings (SSSR count). The largest absolute Gasteiger partial charge is 0.480 e. The molecule has 1 aliphatic rings. The minimum Gasteiger partial charge on any atom is -0.480 e. The van der Waals surface area contributed by atoms with Gasteiger partial charge >= 0.3 is 5.97 Å². The summed E-state index contributed by atoms with van der Waals surface area (Å²) < 4.78 is 1.94. The van der Waals surface area contributed by atoms with Gasteiger partial charge < -0.3 is 9.67 Å². The van der Waals surface area contributed by atoms with E-state index < -0.39 is 5.97 Å². The number of hydrogen-bond donors (Lipinski definition) is 1. The van der Waals surface area contributed by atoms with Crippen LogP contribution >= 0.6 is 0 Å². The van der Waals surface area contributed by atoms with Gasteiger partial charge in [0.15, 0.2) is 0 Å². The van der Waals surface area contributed by atoms with Crippen LogP contribution in [-0.2, 0) is 11.3 Å². The topological polar surface area (TPSA) is 58.4 Å². The van der Waals surface area contributed by atoms with Gasteiger partial charge in [0.05, 0.1) is 12.9 Å². The molecule has 1 aliphatic carbocycles. The summed E-state index contributed by atoms with van der Waals surface area (Å²) in [7, 11) is 0. The molecule has 1 aromatic heterocycles. The first-order valence-electron chi connectivity index (χ1n) is 6.75. The summed E-state index contributed by atoms with van der Waals surface area (Å²) in [5.41, 5.74) is 2.20. The summed E-state index contributed by atoms with van der Waals surface area (Å²) in [5, 5.41) is 8.96. The van der Waals surface area contributed by atoms with Crippen molar-refractivity contribution in [3.8, 4) is 5.69 Å². The highest BCUT2D eigenvalue weighted by Gasteiger charge is 2.30. The zero-order valence-corrected chi connectivity index (χ0v) is 11.1. The van der Waals surface area contributed by atoms with Crippen molar-refractivity contribution in [2.45, 2.75) is 25.4 Å². The van der Waals surface area contributed by atoms with E-state index in [1.807, 2.05) is 39.9 Å². The third-order valence-electron chi connectivity index (χ3n) is 3.53. The molecule has 1 heterocycles. The van der Waals surface area contributed by atoms with Gasteiger partial charge in [0, 0.05) is 30.7 Å². The molecular formula is C15H17N3O2. The number of carboxylic acids is 1. The van der Waals surface area contributed by atoms with Crippen molar-refractivity contribution in [2.24, 2.45) is 0 Å². The number of carboxylic acid groups (broad SMARTS) is 1. The molecule has 0 aliphatic heterocycles. The first-order chi connectivity index (χ1) is 9.72. The van der Waals surface area contributed by atoms with E-state index >= 15 is 0 Å². The second-order valence-electron chi connectivity index (χ2n) is 5.17. The summed E-state index contributed by atoms with van der Waals surface area (Å²) in [6.07, 6.45) is 7.63. The Morgan fingerprint density at radius 1 is 1.35 bits per heavy atom. The summed E-state index contributed by atoms with van der Waals surface area (Å²) in [6.45, 7) is 0.815. The van der Waals surface area contributed by atoms with Crippen molar-refractivity contribution in [2.75, 3.05) is 6.54 Å². The molecule has 0 atom stereocenters. The van der Waals surface area contributed by atoms with Crippen molar-refractivity contribution in [3.63, 3.8) is 0 Å². The fourth-order valence-corrected chi connectivity index (χ4v) is 2.35. The average molecular weight is 271 g/mol. The maximum Gasteiger partial charge on any atom is 0.317 e. The van der Waals surface area contributed by atoms with E-state index in [1.54, 1.807) is 12.5 Å². The van der Waals surface area contributed by atoms with Gasteiger partial charge in [-0.15, -0.1) is 0 Å². The summed E-state index contributed by atoms with van der Waals surface area (Å²) in [6, 6.07) is 8.60. The van der Waals surface area contributed by atoms with E-state index in [0.717, 1.165) is 24.1 Å². The highest BCUT2D eigenvalue weighted by molar-refractivity contribution is 5.69. The Labute approximate surface area is 117 Å². The van der Waals surface area contributed by atoms with Crippen molar-refractivity contribution in [1.82, 2.24) is 14.5 Å². The maximum atomic E-state index is 10.9. The number of benzene rings is 1. The monoisotopic (exact) mass is 271 g/mol. The zero-order chi connectivity index (χ0) is 13.9. The van der Waals surface area contributed by atoms with E-state index in [2.05, 4.69) is 4.98 Å². The van der Waals surface area contributed by atoms with Crippen LogP contribution in [0.1, 0.15) is 18.4 Å². The van der Waals surface area contributed by atoms with E-state index in [0.29, 0.717) is 12.6 Å². The van der Waals surface area contributed by atoms with Crippen LogP contribution in [0.4, 0.5) is 0 Å². The maximum absolute atomic E-state index is 10.9. The molecule has 0 unspecified atom stereocenters. The normalized spacial score (nSPS) is 14.7. The molecule has 5 heteroatoms. The Hall–Kier alpha value is -2.14. The van der Waals surface area contributed by atoms with Gasteiger partial charge in [-0.3, -0.25) is 9.69 Å². The molecule has 5 nitrogen and oxygen atoms in total. The van der Waals surface area contributed by atoms with Crippen molar-refractivity contribution in [1.29, 1.82) is 0 Å². The first kappa shape index (κ1) is 12.9. The standard InChI is InChI=1S/C15H17N3O2/c19-15(20)10-18(14-5-6-14)9-12-1-3-13(4-2-12)17-8-7-16-11-17/h1-4,7-8,11,14H,5-6,9-10H2,(H,19,20). The second-order valence-corrected chi connectivity index (χ2v) is 5.17. The third kappa shape index (κ3) is 3.05. The molecule has 1 N–H and O–H groups in total. The Morgan fingerprint density at radius 3 is 2.65 bits per heavy atom. The number of carbonyl (C=O) groups is 1. The fourth-order valence-electron chi connectivity index (χ4n) is 2.35. The zero-order valence-electron chi connectivity index (χ0n) is 11.1. The Bertz CT molecular complexity index is 574. The molecule has 1 fully saturated rings. The molecule has 0 radical (unpaired) electrons. The molecule has 1 aromatic carbocycles. The molecule has 104 valence electrons. The Balaban J connectivity index is 1.69. The van der Waals surface area contributed by atoms with Crippen LogP contribution in [0.3, 0.4) is 0 Å². The highest BCUT2D eigenvalue weighted by atomic mass is 16.4. The predicted octanol–water partition coefficient (Wildman–Crippen LogP) is 1.92. The Morgan fingerprint density at radius 2 is 2.10 bits per heavy atom. The van der Waals surface area contributed by atoms with Crippen LogP contribution in [0.5, 0.6) is 0 Å². The molecule has 2 aromatic rings. The van der Waals surface area contributed by atoms with E-state index in [4.69, 9.17) is 5.11 Å². The lowest BCUT2D eigenvalue weighted by molar-refractivity contribution is -0.138. The van der Waals surface area contributed by atoms with E-state index in [9.17, 15) is 4.79 Å². The molecule has 0 bridgehead atoms. The number of rotatable bonds is 6. The summed E-state index contributed by atoms with van der Waals surface area (Å²) >= 11 is 0. The third-order valence-corrected chi connectivity index (χ3v) is 3.53. The number of hydrogen-bond acceptors (Lipinski definition) is 3. The van der Waals surface area contributed by atoms with E-state index in [-0.39, 0.29) is 6.54 Å². The van der Waals surface area contributed by atoms with Crippen molar-refractivity contribution >= 4 is 5.97 Å². The van der Waals surface area contributed by atoms with Gasteiger partial charge in [0.1, 0.15) is 0 Å². The highest BCUT2D eigenvalue weighted by Crippen LogP contribution is 2.28. The van der Waals surface area contributed by atoms with Gasteiger partial charge in [-0.1, -0.05) is 12.1 Å². The fraction of sp³-hybridized carbons (Fsp3) is 0.333. The van der Waals surface area contributed by atoms with Crippen LogP contribution in [0.25, 0.3) is 5.69 Å². The first-order valence-corrected chi connectivity index (χ1v) is 6.75. The van der Waals surface area contributed by atoms with Crippen LogP contribution in [0, 0.1) is 0 Å². The van der Waals surface area contributed by atoms with Crippen LogP contribution in [0.15, 0.2) is 43.0 Å². The van der Waals surface area contributed by atoms with Gasteiger partial charge in [-0.2, -0.15) is 0 Å². The molecule has 0 spiro atoms. The molecule has 0 amide bonds. The van der Waals surface area contributed by atoms with E-state index in [1.165, 1.54) is 0 Å².